The molecular weight excluding hydrogens is 358 g/mol. The fraction of sp³-hybridized carbons (Fsp3) is 0.350. The van der Waals surface area contributed by atoms with Crippen molar-refractivity contribution in [3.05, 3.63) is 41.0 Å². The van der Waals surface area contributed by atoms with Crippen molar-refractivity contribution < 1.29 is 4.74 Å². The molecule has 138 valence electrons. The minimum atomic E-state index is -0.168. The van der Waals surface area contributed by atoms with E-state index in [-0.39, 0.29) is 5.60 Å². The summed E-state index contributed by atoms with van der Waals surface area (Å²) in [6.07, 6.45) is 2.62. The van der Waals surface area contributed by atoms with E-state index in [9.17, 15) is 0 Å². The molecule has 6 nitrogen and oxygen atoms in total. The maximum Gasteiger partial charge on any atom is 0.182 e. The van der Waals surface area contributed by atoms with Crippen LogP contribution in [0.15, 0.2) is 30.6 Å². The lowest BCUT2D eigenvalue weighted by Gasteiger charge is -2.30. The number of anilines is 1. The van der Waals surface area contributed by atoms with Crippen molar-refractivity contribution in [3.8, 4) is 11.4 Å². The highest BCUT2D eigenvalue weighted by Gasteiger charge is 2.30. The summed E-state index contributed by atoms with van der Waals surface area (Å²) in [4.78, 5) is 13.8. The summed E-state index contributed by atoms with van der Waals surface area (Å²) in [7, 11) is 4.07. The number of benzene rings is 1. The standard InChI is InChI=1S/C20H21N5OS/c1-20(2)9-14-15(10-26-20)27-19-16(14)18-22-17(23-25(18)11-21-19)12-5-7-13(8-6-12)24(3)4/h5-8,11H,9-10H2,1-4H3. The van der Waals surface area contributed by atoms with Gasteiger partial charge in [0.2, 0.25) is 0 Å². The van der Waals surface area contributed by atoms with Crippen LogP contribution < -0.4 is 4.90 Å². The Morgan fingerprint density at radius 3 is 2.70 bits per heavy atom. The predicted molar refractivity (Wildman–Crippen MR) is 109 cm³/mol. The molecule has 0 spiro atoms. The summed E-state index contributed by atoms with van der Waals surface area (Å²) < 4.78 is 7.77. The van der Waals surface area contributed by atoms with Gasteiger partial charge in [-0.25, -0.2) is 14.5 Å². The van der Waals surface area contributed by atoms with Crippen LogP contribution in [0, 0.1) is 0 Å². The topological polar surface area (TPSA) is 55.6 Å². The van der Waals surface area contributed by atoms with Crippen LogP contribution >= 0.6 is 11.3 Å². The van der Waals surface area contributed by atoms with Gasteiger partial charge in [0, 0.05) is 36.6 Å². The Bertz CT molecular complexity index is 1160. The van der Waals surface area contributed by atoms with Crippen molar-refractivity contribution in [2.75, 3.05) is 19.0 Å². The average Bonchev–Trinajstić information content (AvgIpc) is 3.21. The number of hydrogen-bond acceptors (Lipinski definition) is 6. The lowest BCUT2D eigenvalue weighted by Crippen LogP contribution is -2.31. The largest absolute Gasteiger partial charge is 0.378 e. The van der Waals surface area contributed by atoms with Crippen molar-refractivity contribution in [1.29, 1.82) is 0 Å². The molecule has 0 saturated carbocycles. The van der Waals surface area contributed by atoms with Crippen LogP contribution in [0.5, 0.6) is 0 Å². The zero-order valence-corrected chi connectivity index (χ0v) is 16.7. The van der Waals surface area contributed by atoms with Gasteiger partial charge in [-0.1, -0.05) is 0 Å². The molecule has 5 rings (SSSR count). The van der Waals surface area contributed by atoms with Gasteiger partial charge in [0.1, 0.15) is 11.2 Å². The van der Waals surface area contributed by atoms with Crippen molar-refractivity contribution in [2.45, 2.75) is 32.5 Å². The van der Waals surface area contributed by atoms with Crippen molar-refractivity contribution in [3.63, 3.8) is 0 Å². The first-order valence-electron chi connectivity index (χ1n) is 8.99. The third-order valence-electron chi connectivity index (χ3n) is 5.05. The molecule has 0 fully saturated rings. The van der Waals surface area contributed by atoms with E-state index in [0.717, 1.165) is 39.4 Å². The highest BCUT2D eigenvalue weighted by Crippen LogP contribution is 2.39. The smallest absolute Gasteiger partial charge is 0.182 e. The van der Waals surface area contributed by atoms with Gasteiger partial charge in [-0.2, -0.15) is 0 Å². The van der Waals surface area contributed by atoms with Gasteiger partial charge < -0.3 is 9.64 Å². The number of ether oxygens (including phenoxy) is 1. The summed E-state index contributed by atoms with van der Waals surface area (Å²) in [5, 5.41) is 5.80. The first-order chi connectivity index (χ1) is 12.9. The molecule has 1 aliphatic heterocycles. The lowest BCUT2D eigenvalue weighted by molar-refractivity contribution is -0.0379. The lowest BCUT2D eigenvalue weighted by atomic mass is 9.94. The molecule has 27 heavy (non-hydrogen) atoms. The summed E-state index contributed by atoms with van der Waals surface area (Å²) in [5.74, 6) is 0.723. The Hall–Kier alpha value is -2.51. The average molecular weight is 379 g/mol. The Kier molecular flexibility index (Phi) is 3.54. The number of nitrogens with zero attached hydrogens (tertiary/aromatic N) is 5. The minimum absolute atomic E-state index is 0.168. The van der Waals surface area contributed by atoms with E-state index in [0.29, 0.717) is 6.61 Å². The molecular formula is C20H21N5OS. The van der Waals surface area contributed by atoms with Crippen LogP contribution in [0.25, 0.3) is 27.3 Å². The van der Waals surface area contributed by atoms with Crippen LogP contribution in [0.1, 0.15) is 24.3 Å². The fourth-order valence-electron chi connectivity index (χ4n) is 3.57. The van der Waals surface area contributed by atoms with E-state index >= 15 is 0 Å². The van der Waals surface area contributed by atoms with Gasteiger partial charge in [0.15, 0.2) is 11.5 Å². The zero-order valence-electron chi connectivity index (χ0n) is 15.9. The van der Waals surface area contributed by atoms with Gasteiger partial charge in [-0.3, -0.25) is 0 Å². The van der Waals surface area contributed by atoms with Crippen LogP contribution in [-0.2, 0) is 17.8 Å². The maximum atomic E-state index is 5.97. The summed E-state index contributed by atoms with van der Waals surface area (Å²) >= 11 is 1.70. The molecule has 1 aliphatic rings. The molecule has 3 aromatic heterocycles. The second-order valence-electron chi connectivity index (χ2n) is 7.80. The van der Waals surface area contributed by atoms with Crippen molar-refractivity contribution in [1.82, 2.24) is 19.6 Å². The summed E-state index contributed by atoms with van der Waals surface area (Å²) in [6.45, 7) is 4.91. The third kappa shape index (κ3) is 2.69. The highest BCUT2D eigenvalue weighted by molar-refractivity contribution is 7.19. The molecule has 1 aromatic carbocycles. The second-order valence-corrected chi connectivity index (χ2v) is 8.88. The Balaban J connectivity index is 1.67. The Morgan fingerprint density at radius 2 is 1.96 bits per heavy atom. The monoisotopic (exact) mass is 379 g/mol. The molecule has 0 radical (unpaired) electrons. The predicted octanol–water partition coefficient (Wildman–Crippen LogP) is 3.92. The van der Waals surface area contributed by atoms with Gasteiger partial charge in [0.05, 0.1) is 17.6 Å². The fourth-order valence-corrected chi connectivity index (χ4v) is 4.64. The summed E-state index contributed by atoms with van der Waals surface area (Å²) in [5.41, 5.74) is 4.18. The van der Waals surface area contributed by atoms with E-state index in [2.05, 4.69) is 53.1 Å². The molecule has 7 heteroatoms. The molecule has 0 aliphatic carbocycles. The van der Waals surface area contributed by atoms with Crippen LogP contribution in [0.4, 0.5) is 5.69 Å². The van der Waals surface area contributed by atoms with E-state index in [1.165, 1.54) is 10.4 Å². The SMILES string of the molecule is CN(C)c1ccc(-c2nc3c4c5c(sc4ncn3n2)COC(C)(C)C5)cc1. The number of hydrogen-bond donors (Lipinski definition) is 0. The first kappa shape index (κ1) is 16.6. The Morgan fingerprint density at radius 1 is 1.19 bits per heavy atom. The van der Waals surface area contributed by atoms with Gasteiger partial charge in [-0.05, 0) is 43.7 Å². The van der Waals surface area contributed by atoms with E-state index in [1.54, 1.807) is 22.2 Å². The maximum absolute atomic E-state index is 5.97. The van der Waals surface area contributed by atoms with E-state index < -0.39 is 0 Å². The molecule has 4 aromatic rings. The molecule has 0 amide bonds. The van der Waals surface area contributed by atoms with Gasteiger partial charge in [-0.15, -0.1) is 16.4 Å². The molecule has 4 heterocycles. The second kappa shape index (κ2) is 5.74. The minimum Gasteiger partial charge on any atom is -0.378 e. The van der Waals surface area contributed by atoms with E-state index in [4.69, 9.17) is 9.72 Å². The number of thiophene rings is 1. The zero-order chi connectivity index (χ0) is 18.8. The van der Waals surface area contributed by atoms with Crippen LogP contribution in [0.3, 0.4) is 0 Å². The third-order valence-corrected chi connectivity index (χ3v) is 6.16. The molecule has 0 N–H and O–H groups in total. The molecule has 0 unspecified atom stereocenters. The molecule has 0 atom stereocenters. The highest BCUT2D eigenvalue weighted by atomic mass is 32.1. The normalized spacial score (nSPS) is 16.0. The Labute approximate surface area is 161 Å². The van der Waals surface area contributed by atoms with E-state index in [1.807, 2.05) is 14.1 Å². The number of rotatable bonds is 2. The summed E-state index contributed by atoms with van der Waals surface area (Å²) in [6, 6.07) is 8.30. The quantitative estimate of drug-likeness (QED) is 0.528. The first-order valence-corrected chi connectivity index (χ1v) is 9.80. The molecule has 0 bridgehead atoms. The van der Waals surface area contributed by atoms with Crippen LogP contribution in [0.2, 0.25) is 0 Å². The number of aromatic nitrogens is 4. The number of fused-ring (bicyclic) bond motifs is 5. The van der Waals surface area contributed by atoms with Crippen molar-refractivity contribution >= 4 is 32.9 Å². The van der Waals surface area contributed by atoms with Gasteiger partial charge in [0.25, 0.3) is 0 Å². The van der Waals surface area contributed by atoms with Crippen molar-refractivity contribution in [2.24, 2.45) is 0 Å². The van der Waals surface area contributed by atoms with Gasteiger partial charge >= 0.3 is 0 Å². The molecule has 0 saturated heterocycles. The van der Waals surface area contributed by atoms with Crippen LogP contribution in [-0.4, -0.2) is 39.3 Å².